The molecule has 1 amide bonds. The second-order valence-corrected chi connectivity index (χ2v) is 9.07. The largest absolute Gasteiger partial charge is 0.468 e. The number of carbonyl (C=O) groups excluding carboxylic acids is 1. The summed E-state index contributed by atoms with van der Waals surface area (Å²) in [5.74, 6) is 2.15. The Morgan fingerprint density at radius 1 is 1.19 bits per heavy atom. The van der Waals surface area contributed by atoms with Gasteiger partial charge in [0.1, 0.15) is 5.76 Å². The zero-order chi connectivity index (χ0) is 18.4. The number of sulfonamides is 1. The molecular formula is C18H22N2O4S2. The molecule has 0 spiro atoms. The van der Waals surface area contributed by atoms with Crippen molar-refractivity contribution in [2.75, 3.05) is 25.4 Å². The van der Waals surface area contributed by atoms with Gasteiger partial charge in [-0.2, -0.15) is 16.1 Å². The Bertz CT molecular complexity index is 829. The van der Waals surface area contributed by atoms with Crippen LogP contribution in [-0.4, -0.2) is 44.0 Å². The van der Waals surface area contributed by atoms with Gasteiger partial charge >= 0.3 is 0 Å². The summed E-state index contributed by atoms with van der Waals surface area (Å²) < 4.78 is 31.9. The minimum atomic E-state index is -3.51. The Morgan fingerprint density at radius 3 is 2.73 bits per heavy atom. The predicted octanol–water partition coefficient (Wildman–Crippen LogP) is 2.73. The molecule has 1 saturated heterocycles. The molecule has 1 N–H and O–H groups in total. The molecule has 0 aliphatic carbocycles. The van der Waals surface area contributed by atoms with Crippen molar-refractivity contribution in [2.24, 2.45) is 0 Å². The van der Waals surface area contributed by atoms with Gasteiger partial charge in [-0.25, -0.2) is 8.42 Å². The van der Waals surface area contributed by atoms with Crippen molar-refractivity contribution in [1.29, 1.82) is 0 Å². The summed E-state index contributed by atoms with van der Waals surface area (Å²) in [6.45, 7) is 1.60. The molecule has 1 fully saturated rings. The first kappa shape index (κ1) is 19.0. The highest BCUT2D eigenvalue weighted by Crippen LogP contribution is 2.21. The summed E-state index contributed by atoms with van der Waals surface area (Å²) in [4.78, 5) is 12.5. The van der Waals surface area contributed by atoms with E-state index in [1.165, 1.54) is 10.4 Å². The van der Waals surface area contributed by atoms with E-state index in [0.29, 0.717) is 25.2 Å². The summed E-state index contributed by atoms with van der Waals surface area (Å²) in [6, 6.07) is 10.0. The number of hydrogen-bond acceptors (Lipinski definition) is 5. The summed E-state index contributed by atoms with van der Waals surface area (Å²) in [5.41, 5.74) is 0.362. The number of carbonyl (C=O) groups is 1. The molecule has 2 aromatic rings. The van der Waals surface area contributed by atoms with Gasteiger partial charge in [-0.05, 0) is 43.2 Å². The van der Waals surface area contributed by atoms with Crippen LogP contribution in [0.4, 0.5) is 0 Å². The molecule has 0 saturated carbocycles. The van der Waals surface area contributed by atoms with Crippen LogP contribution in [0, 0.1) is 0 Å². The fourth-order valence-corrected chi connectivity index (χ4v) is 5.10. The lowest BCUT2D eigenvalue weighted by molar-refractivity contribution is 0.0956. The molecule has 1 aromatic heterocycles. The Kier molecular flexibility index (Phi) is 6.39. The van der Waals surface area contributed by atoms with Gasteiger partial charge in [0, 0.05) is 31.0 Å². The zero-order valence-electron chi connectivity index (χ0n) is 14.4. The number of nitrogens with zero attached hydrogens (tertiary/aromatic N) is 1. The SMILES string of the molecule is O=C(NCCSCc1ccco1)c1cccc(S(=O)(=O)N2CCCC2)c1. The van der Waals surface area contributed by atoms with Gasteiger partial charge < -0.3 is 9.73 Å². The van der Waals surface area contributed by atoms with E-state index in [2.05, 4.69) is 5.32 Å². The van der Waals surface area contributed by atoms with E-state index in [1.807, 2.05) is 12.1 Å². The van der Waals surface area contributed by atoms with Crippen LogP contribution in [0.3, 0.4) is 0 Å². The maximum absolute atomic E-state index is 12.6. The second kappa shape index (κ2) is 8.75. The Labute approximate surface area is 158 Å². The van der Waals surface area contributed by atoms with Crippen molar-refractivity contribution in [1.82, 2.24) is 9.62 Å². The van der Waals surface area contributed by atoms with Gasteiger partial charge in [0.2, 0.25) is 10.0 Å². The molecule has 0 atom stereocenters. The summed E-state index contributed by atoms with van der Waals surface area (Å²) in [6.07, 6.45) is 3.41. The van der Waals surface area contributed by atoms with E-state index in [1.54, 1.807) is 36.2 Å². The second-order valence-electron chi connectivity index (χ2n) is 6.03. The first-order valence-corrected chi connectivity index (χ1v) is 11.2. The number of amides is 1. The molecule has 0 unspecified atom stereocenters. The maximum atomic E-state index is 12.6. The summed E-state index contributed by atoms with van der Waals surface area (Å²) >= 11 is 1.66. The number of thioether (sulfide) groups is 1. The molecule has 0 bridgehead atoms. The fraction of sp³-hybridized carbons (Fsp3) is 0.389. The van der Waals surface area contributed by atoms with E-state index >= 15 is 0 Å². The van der Waals surface area contributed by atoms with E-state index in [0.717, 1.165) is 30.1 Å². The normalized spacial score (nSPS) is 15.2. The Hall–Kier alpha value is -1.77. The average molecular weight is 395 g/mol. The van der Waals surface area contributed by atoms with Gasteiger partial charge in [0.25, 0.3) is 5.91 Å². The molecule has 3 rings (SSSR count). The van der Waals surface area contributed by atoms with Crippen molar-refractivity contribution in [3.8, 4) is 0 Å². The zero-order valence-corrected chi connectivity index (χ0v) is 16.0. The molecule has 2 heterocycles. The highest BCUT2D eigenvalue weighted by atomic mass is 32.2. The molecule has 6 nitrogen and oxygen atoms in total. The Morgan fingerprint density at radius 2 is 2.00 bits per heavy atom. The van der Waals surface area contributed by atoms with Crippen molar-refractivity contribution in [3.63, 3.8) is 0 Å². The van der Waals surface area contributed by atoms with Crippen LogP contribution >= 0.6 is 11.8 Å². The van der Waals surface area contributed by atoms with Gasteiger partial charge in [0.15, 0.2) is 0 Å². The van der Waals surface area contributed by atoms with Crippen LogP contribution in [0.5, 0.6) is 0 Å². The van der Waals surface area contributed by atoms with Crippen LogP contribution in [0.15, 0.2) is 52.0 Å². The molecular weight excluding hydrogens is 372 g/mol. The van der Waals surface area contributed by atoms with E-state index < -0.39 is 10.0 Å². The average Bonchev–Trinajstić information content (AvgIpc) is 3.35. The smallest absolute Gasteiger partial charge is 0.251 e. The lowest BCUT2D eigenvalue weighted by Crippen LogP contribution is -2.29. The van der Waals surface area contributed by atoms with Crippen LogP contribution in [0.2, 0.25) is 0 Å². The van der Waals surface area contributed by atoms with Crippen LogP contribution in [0.1, 0.15) is 29.0 Å². The molecule has 1 aliphatic rings. The maximum Gasteiger partial charge on any atom is 0.251 e. The number of benzene rings is 1. The van der Waals surface area contributed by atoms with Crippen molar-refractivity contribution < 1.29 is 17.6 Å². The van der Waals surface area contributed by atoms with Crippen LogP contribution < -0.4 is 5.32 Å². The molecule has 1 aromatic carbocycles. The molecule has 8 heteroatoms. The third-order valence-corrected chi connectivity index (χ3v) is 7.03. The van der Waals surface area contributed by atoms with Crippen molar-refractivity contribution >= 4 is 27.7 Å². The topological polar surface area (TPSA) is 79.6 Å². The first-order chi connectivity index (χ1) is 12.6. The van der Waals surface area contributed by atoms with Crippen LogP contribution in [-0.2, 0) is 15.8 Å². The molecule has 140 valence electrons. The third-order valence-electron chi connectivity index (χ3n) is 4.16. The highest BCUT2D eigenvalue weighted by Gasteiger charge is 2.27. The quantitative estimate of drug-likeness (QED) is 0.697. The van der Waals surface area contributed by atoms with Crippen LogP contribution in [0.25, 0.3) is 0 Å². The number of hydrogen-bond donors (Lipinski definition) is 1. The number of nitrogens with one attached hydrogen (secondary N) is 1. The fourth-order valence-electron chi connectivity index (χ4n) is 2.78. The highest BCUT2D eigenvalue weighted by molar-refractivity contribution is 7.98. The van der Waals surface area contributed by atoms with Crippen molar-refractivity contribution in [3.05, 3.63) is 54.0 Å². The van der Waals surface area contributed by atoms with E-state index in [4.69, 9.17) is 4.42 Å². The van der Waals surface area contributed by atoms with E-state index in [-0.39, 0.29) is 10.8 Å². The first-order valence-electron chi connectivity index (χ1n) is 8.56. The lowest BCUT2D eigenvalue weighted by atomic mass is 10.2. The van der Waals surface area contributed by atoms with Gasteiger partial charge in [0.05, 0.1) is 16.9 Å². The standard InChI is InChI=1S/C18H22N2O4S2/c21-18(19-8-12-25-14-16-6-4-11-24-16)15-5-3-7-17(13-15)26(22,23)20-9-1-2-10-20/h3-7,11,13H,1-2,8-10,12,14H2,(H,19,21). The van der Waals surface area contributed by atoms with Gasteiger partial charge in [-0.3, -0.25) is 4.79 Å². The predicted molar refractivity (Wildman–Crippen MR) is 102 cm³/mol. The summed E-state index contributed by atoms with van der Waals surface area (Å²) in [5, 5.41) is 2.83. The van der Waals surface area contributed by atoms with Crippen molar-refractivity contribution in [2.45, 2.75) is 23.5 Å². The van der Waals surface area contributed by atoms with E-state index in [9.17, 15) is 13.2 Å². The lowest BCUT2D eigenvalue weighted by Gasteiger charge is -2.16. The monoisotopic (exact) mass is 394 g/mol. The molecule has 1 aliphatic heterocycles. The number of furan rings is 1. The molecule has 26 heavy (non-hydrogen) atoms. The molecule has 0 radical (unpaired) electrons. The Balaban J connectivity index is 1.53. The third kappa shape index (κ3) is 4.69. The van der Waals surface area contributed by atoms with Gasteiger partial charge in [-0.1, -0.05) is 6.07 Å². The minimum absolute atomic E-state index is 0.180. The summed E-state index contributed by atoms with van der Waals surface area (Å²) in [7, 11) is -3.51. The minimum Gasteiger partial charge on any atom is -0.468 e. The number of rotatable bonds is 8. The van der Waals surface area contributed by atoms with Gasteiger partial charge in [-0.15, -0.1) is 0 Å².